The highest BCUT2D eigenvalue weighted by molar-refractivity contribution is 6.07. The normalized spacial score (nSPS) is 11.1. The molecule has 25 heavy (non-hydrogen) atoms. The van der Waals surface area contributed by atoms with Gasteiger partial charge in [0.2, 0.25) is 0 Å². The Morgan fingerprint density at radius 3 is 2.44 bits per heavy atom. The average molecular weight is 333 g/mol. The Balaban J connectivity index is 2.19. The number of nitriles is 1. The summed E-state index contributed by atoms with van der Waals surface area (Å²) in [5, 5.41) is 15.2. The zero-order valence-corrected chi connectivity index (χ0v) is 15.1. The smallest absolute Gasteiger partial charge is 0.267 e. The van der Waals surface area contributed by atoms with E-state index in [2.05, 4.69) is 24.5 Å². The van der Waals surface area contributed by atoms with Crippen LogP contribution in [0.15, 0.2) is 54.2 Å². The highest BCUT2D eigenvalue weighted by atomic mass is 16.1. The molecule has 1 amide bonds. The third-order valence-electron chi connectivity index (χ3n) is 4.17. The fourth-order valence-corrected chi connectivity index (χ4v) is 2.51. The molecule has 4 heteroatoms. The number of nitrogens with one attached hydrogen (secondary N) is 2. The van der Waals surface area contributed by atoms with Gasteiger partial charge in [0.15, 0.2) is 0 Å². The molecule has 0 radical (unpaired) electrons. The summed E-state index contributed by atoms with van der Waals surface area (Å²) in [6, 6.07) is 15.5. The first-order chi connectivity index (χ1) is 11.9. The van der Waals surface area contributed by atoms with Crippen LogP contribution in [0, 0.1) is 25.2 Å². The Kier molecular flexibility index (Phi) is 5.97. The SMILES string of the molecule is Cc1cccc(N/C=C(/C#N)C(=O)Nc2ccccc2C(C)C)c1C. The first-order valence-corrected chi connectivity index (χ1v) is 8.27. The van der Waals surface area contributed by atoms with E-state index in [0.717, 1.165) is 28.1 Å². The first-order valence-electron chi connectivity index (χ1n) is 8.27. The van der Waals surface area contributed by atoms with Crippen molar-refractivity contribution in [2.45, 2.75) is 33.6 Å². The van der Waals surface area contributed by atoms with Crippen LogP contribution in [0.3, 0.4) is 0 Å². The molecule has 128 valence electrons. The van der Waals surface area contributed by atoms with E-state index in [1.807, 2.05) is 62.4 Å². The topological polar surface area (TPSA) is 64.9 Å². The van der Waals surface area contributed by atoms with Gasteiger partial charge >= 0.3 is 0 Å². The summed E-state index contributed by atoms with van der Waals surface area (Å²) in [6.45, 7) is 8.14. The summed E-state index contributed by atoms with van der Waals surface area (Å²) in [5.41, 5.74) is 4.91. The summed E-state index contributed by atoms with van der Waals surface area (Å²) in [7, 11) is 0. The third kappa shape index (κ3) is 4.48. The van der Waals surface area contributed by atoms with Crippen molar-refractivity contribution in [3.63, 3.8) is 0 Å². The van der Waals surface area contributed by atoms with Crippen LogP contribution < -0.4 is 10.6 Å². The lowest BCUT2D eigenvalue weighted by molar-refractivity contribution is -0.112. The van der Waals surface area contributed by atoms with Crippen LogP contribution in [0.2, 0.25) is 0 Å². The van der Waals surface area contributed by atoms with Crippen LogP contribution in [0.4, 0.5) is 11.4 Å². The highest BCUT2D eigenvalue weighted by Crippen LogP contribution is 2.24. The summed E-state index contributed by atoms with van der Waals surface area (Å²) < 4.78 is 0. The lowest BCUT2D eigenvalue weighted by Crippen LogP contribution is -2.16. The molecule has 0 fully saturated rings. The number of para-hydroxylation sites is 1. The van der Waals surface area contributed by atoms with Gasteiger partial charge in [0.25, 0.3) is 5.91 Å². The summed E-state index contributed by atoms with van der Waals surface area (Å²) in [5.74, 6) is -0.146. The molecule has 2 N–H and O–H groups in total. The molecule has 2 rings (SSSR count). The lowest BCUT2D eigenvalue weighted by atomic mass is 10.0. The van der Waals surface area contributed by atoms with Gasteiger partial charge in [-0.05, 0) is 48.6 Å². The second kappa shape index (κ2) is 8.16. The molecule has 0 unspecified atom stereocenters. The molecule has 0 aliphatic carbocycles. The van der Waals surface area contributed by atoms with Gasteiger partial charge in [-0.2, -0.15) is 5.26 Å². The number of hydrogen-bond donors (Lipinski definition) is 2. The minimum absolute atomic E-state index is 0.0273. The number of aryl methyl sites for hydroxylation is 1. The number of amides is 1. The van der Waals surface area contributed by atoms with Crippen molar-refractivity contribution in [1.82, 2.24) is 0 Å². The Morgan fingerprint density at radius 2 is 1.76 bits per heavy atom. The van der Waals surface area contributed by atoms with Gasteiger partial charge < -0.3 is 10.6 Å². The molecule has 0 aliphatic rings. The maximum absolute atomic E-state index is 12.4. The Labute approximate surface area is 149 Å². The molecular weight excluding hydrogens is 310 g/mol. The van der Waals surface area contributed by atoms with Crippen molar-refractivity contribution in [2.24, 2.45) is 0 Å². The summed E-state index contributed by atoms with van der Waals surface area (Å²) in [6.07, 6.45) is 1.45. The van der Waals surface area contributed by atoms with Crippen molar-refractivity contribution < 1.29 is 4.79 Å². The Bertz CT molecular complexity index is 844. The van der Waals surface area contributed by atoms with Crippen LogP contribution >= 0.6 is 0 Å². The van der Waals surface area contributed by atoms with Crippen molar-refractivity contribution in [1.29, 1.82) is 5.26 Å². The van der Waals surface area contributed by atoms with Crippen LogP contribution in [0.1, 0.15) is 36.5 Å². The summed E-state index contributed by atoms with van der Waals surface area (Å²) >= 11 is 0. The number of anilines is 2. The standard InChI is InChI=1S/C21H23N3O/c1-14(2)18-9-5-6-10-20(18)24-21(25)17(12-22)13-23-19-11-7-8-15(3)16(19)4/h5-11,13-14,23H,1-4H3,(H,24,25)/b17-13-. The molecule has 2 aromatic rings. The number of rotatable bonds is 5. The predicted molar refractivity (Wildman–Crippen MR) is 102 cm³/mol. The summed E-state index contributed by atoms with van der Waals surface area (Å²) in [4.78, 5) is 12.4. The maximum Gasteiger partial charge on any atom is 0.267 e. The minimum atomic E-state index is -0.423. The van der Waals surface area contributed by atoms with Gasteiger partial charge in [-0.25, -0.2) is 0 Å². The van der Waals surface area contributed by atoms with E-state index < -0.39 is 5.91 Å². The molecule has 0 bridgehead atoms. The van der Waals surface area contributed by atoms with E-state index in [-0.39, 0.29) is 11.5 Å². The molecule has 0 atom stereocenters. The molecule has 0 aliphatic heterocycles. The van der Waals surface area contributed by atoms with Crippen LogP contribution in [-0.2, 0) is 4.79 Å². The molecular formula is C21H23N3O. The van der Waals surface area contributed by atoms with Crippen molar-refractivity contribution in [3.8, 4) is 6.07 Å². The highest BCUT2D eigenvalue weighted by Gasteiger charge is 2.13. The fraction of sp³-hybridized carbons (Fsp3) is 0.238. The number of carbonyl (C=O) groups excluding carboxylic acids is 1. The van der Waals surface area contributed by atoms with Crippen LogP contribution in [0.5, 0.6) is 0 Å². The number of benzene rings is 2. The monoisotopic (exact) mass is 333 g/mol. The van der Waals surface area contributed by atoms with Gasteiger partial charge in [-0.1, -0.05) is 44.2 Å². The molecule has 4 nitrogen and oxygen atoms in total. The number of nitrogens with zero attached hydrogens (tertiary/aromatic N) is 1. The van der Waals surface area contributed by atoms with Gasteiger partial charge in [0.1, 0.15) is 11.6 Å². The van der Waals surface area contributed by atoms with Crippen molar-refractivity contribution >= 4 is 17.3 Å². The van der Waals surface area contributed by atoms with Gasteiger partial charge in [-0.3, -0.25) is 4.79 Å². The predicted octanol–water partition coefficient (Wildman–Crippen LogP) is 4.88. The number of hydrogen-bond acceptors (Lipinski definition) is 3. The van der Waals surface area contributed by atoms with E-state index >= 15 is 0 Å². The van der Waals surface area contributed by atoms with E-state index in [4.69, 9.17) is 0 Å². The zero-order chi connectivity index (χ0) is 18.4. The van der Waals surface area contributed by atoms with Crippen molar-refractivity contribution in [3.05, 3.63) is 70.9 Å². The van der Waals surface area contributed by atoms with E-state index in [9.17, 15) is 10.1 Å². The minimum Gasteiger partial charge on any atom is -0.360 e. The molecule has 2 aromatic carbocycles. The lowest BCUT2D eigenvalue weighted by Gasteiger charge is -2.13. The van der Waals surface area contributed by atoms with E-state index in [1.54, 1.807) is 0 Å². The van der Waals surface area contributed by atoms with Gasteiger partial charge in [0, 0.05) is 17.6 Å². The molecule has 0 spiro atoms. The largest absolute Gasteiger partial charge is 0.360 e. The van der Waals surface area contributed by atoms with Crippen LogP contribution in [-0.4, -0.2) is 5.91 Å². The maximum atomic E-state index is 12.4. The Morgan fingerprint density at radius 1 is 1.08 bits per heavy atom. The Hall–Kier alpha value is -3.06. The first kappa shape index (κ1) is 18.3. The number of carbonyl (C=O) groups is 1. The third-order valence-corrected chi connectivity index (χ3v) is 4.17. The molecule has 0 saturated heterocycles. The van der Waals surface area contributed by atoms with Gasteiger partial charge in [0.05, 0.1) is 0 Å². The average Bonchev–Trinajstić information content (AvgIpc) is 2.59. The quantitative estimate of drug-likeness (QED) is 0.605. The van der Waals surface area contributed by atoms with E-state index in [1.165, 1.54) is 6.20 Å². The molecule has 0 heterocycles. The molecule has 0 aromatic heterocycles. The van der Waals surface area contributed by atoms with Crippen molar-refractivity contribution in [2.75, 3.05) is 10.6 Å². The fourth-order valence-electron chi connectivity index (χ4n) is 2.51. The second-order valence-corrected chi connectivity index (χ2v) is 6.26. The van der Waals surface area contributed by atoms with Gasteiger partial charge in [-0.15, -0.1) is 0 Å². The van der Waals surface area contributed by atoms with E-state index in [0.29, 0.717) is 0 Å². The zero-order valence-electron chi connectivity index (χ0n) is 15.1. The second-order valence-electron chi connectivity index (χ2n) is 6.26. The van der Waals surface area contributed by atoms with Crippen LogP contribution in [0.25, 0.3) is 0 Å². The molecule has 0 saturated carbocycles.